The molecule has 0 aromatic heterocycles. The highest BCUT2D eigenvalue weighted by molar-refractivity contribution is 5.89. The van der Waals surface area contributed by atoms with Crippen molar-refractivity contribution in [1.82, 2.24) is 10.2 Å². The molecule has 1 fully saturated rings. The van der Waals surface area contributed by atoms with Gasteiger partial charge in [-0.1, -0.05) is 61.4 Å². The van der Waals surface area contributed by atoms with Crippen molar-refractivity contribution >= 4 is 18.0 Å². The maximum absolute atomic E-state index is 13.2. The minimum Gasteiger partial charge on any atom is -0.481 e. The Morgan fingerprint density at radius 1 is 1.03 bits per heavy atom. The van der Waals surface area contributed by atoms with Gasteiger partial charge in [-0.05, 0) is 35.1 Å². The zero-order valence-corrected chi connectivity index (χ0v) is 20.1. The lowest BCUT2D eigenvalue weighted by atomic mass is 9.91. The Bertz CT molecular complexity index is 1040. The number of methoxy groups -OCH3 is 1. The summed E-state index contributed by atoms with van der Waals surface area (Å²) in [6.45, 7) is 0.0814. The lowest BCUT2D eigenvalue weighted by Gasteiger charge is -2.38. The number of ether oxygens (including phenoxy) is 2. The van der Waals surface area contributed by atoms with Crippen LogP contribution in [0.25, 0.3) is 11.1 Å². The Morgan fingerprint density at radius 2 is 1.63 bits per heavy atom. The summed E-state index contributed by atoms with van der Waals surface area (Å²) in [5.41, 5.74) is 4.36. The number of nitrogens with one attached hydrogen (secondary N) is 1. The van der Waals surface area contributed by atoms with Crippen molar-refractivity contribution in [3.63, 3.8) is 0 Å². The first kappa shape index (κ1) is 24.7. The number of carbonyl (C=O) groups excluding carboxylic acids is 2. The zero-order chi connectivity index (χ0) is 24.9. The predicted molar refractivity (Wildman–Crippen MR) is 130 cm³/mol. The second-order valence-corrected chi connectivity index (χ2v) is 9.20. The molecular formula is C27H32N2O6. The highest BCUT2D eigenvalue weighted by Crippen LogP contribution is 2.44. The summed E-state index contributed by atoms with van der Waals surface area (Å²) < 4.78 is 11.1. The highest BCUT2D eigenvalue weighted by atomic mass is 16.5. The van der Waals surface area contributed by atoms with E-state index in [0.717, 1.165) is 47.9 Å². The monoisotopic (exact) mass is 480 g/mol. The molecule has 0 aliphatic heterocycles. The molecule has 0 radical (unpaired) electrons. The fourth-order valence-corrected chi connectivity index (χ4v) is 5.36. The van der Waals surface area contributed by atoms with Gasteiger partial charge in [-0.25, -0.2) is 4.79 Å². The third-order valence-electron chi connectivity index (χ3n) is 7.13. The quantitative estimate of drug-likeness (QED) is 0.596. The molecule has 1 saturated carbocycles. The molecule has 2 amide bonds. The Balaban J connectivity index is 1.43. The molecular weight excluding hydrogens is 448 g/mol. The van der Waals surface area contributed by atoms with Gasteiger partial charge in [0.05, 0.1) is 18.6 Å². The van der Waals surface area contributed by atoms with Crippen molar-refractivity contribution in [3.05, 3.63) is 59.7 Å². The Kier molecular flexibility index (Phi) is 7.70. The van der Waals surface area contributed by atoms with Gasteiger partial charge in [0.15, 0.2) is 0 Å². The molecule has 0 spiro atoms. The third kappa shape index (κ3) is 5.32. The van der Waals surface area contributed by atoms with Crippen LogP contribution in [-0.2, 0) is 19.1 Å². The number of fused-ring (bicyclic) bond motifs is 3. The van der Waals surface area contributed by atoms with Crippen LogP contribution in [0.2, 0.25) is 0 Å². The second-order valence-electron chi connectivity index (χ2n) is 9.20. The number of benzene rings is 2. The van der Waals surface area contributed by atoms with Gasteiger partial charge in [-0.15, -0.1) is 0 Å². The van der Waals surface area contributed by atoms with Crippen molar-refractivity contribution in [3.8, 4) is 11.1 Å². The number of rotatable bonds is 8. The SMILES string of the molecule is COC1CCCCC1N(C)C(=O)C(CC(=O)O)NC(=O)OCC1c2ccccc2-c2ccccc21. The molecule has 2 N–H and O–H groups in total. The number of alkyl carbamates (subject to hydrolysis) is 1. The van der Waals surface area contributed by atoms with Crippen LogP contribution in [-0.4, -0.2) is 66.9 Å². The molecule has 0 saturated heterocycles. The Morgan fingerprint density at radius 3 is 2.23 bits per heavy atom. The molecule has 35 heavy (non-hydrogen) atoms. The number of amides is 2. The first-order valence-electron chi connectivity index (χ1n) is 12.0. The van der Waals surface area contributed by atoms with E-state index in [1.807, 2.05) is 48.5 Å². The van der Waals surface area contributed by atoms with E-state index in [1.165, 1.54) is 4.90 Å². The molecule has 3 atom stereocenters. The number of hydrogen-bond donors (Lipinski definition) is 2. The number of nitrogens with zero attached hydrogens (tertiary/aromatic N) is 1. The van der Waals surface area contributed by atoms with E-state index in [1.54, 1.807) is 14.2 Å². The molecule has 2 aromatic carbocycles. The summed E-state index contributed by atoms with van der Waals surface area (Å²) in [5, 5.41) is 11.9. The Labute approximate surface area is 205 Å². The molecule has 0 heterocycles. The normalized spacial score (nSPS) is 19.8. The number of aliphatic carboxylic acids is 1. The number of hydrogen-bond acceptors (Lipinski definition) is 5. The first-order chi connectivity index (χ1) is 16.9. The van der Waals surface area contributed by atoms with Crippen LogP contribution >= 0.6 is 0 Å². The van der Waals surface area contributed by atoms with Gasteiger partial charge in [0.25, 0.3) is 0 Å². The molecule has 4 rings (SSSR count). The molecule has 186 valence electrons. The van der Waals surface area contributed by atoms with E-state index in [-0.39, 0.29) is 24.7 Å². The van der Waals surface area contributed by atoms with Gasteiger partial charge in [-0.2, -0.15) is 0 Å². The van der Waals surface area contributed by atoms with Crippen molar-refractivity contribution in [2.45, 2.75) is 56.2 Å². The van der Waals surface area contributed by atoms with E-state index >= 15 is 0 Å². The van der Waals surface area contributed by atoms with Crippen LogP contribution in [0.5, 0.6) is 0 Å². The van der Waals surface area contributed by atoms with Crippen molar-refractivity contribution in [2.75, 3.05) is 20.8 Å². The van der Waals surface area contributed by atoms with Gasteiger partial charge < -0.3 is 24.8 Å². The molecule has 3 unspecified atom stereocenters. The van der Waals surface area contributed by atoms with E-state index in [2.05, 4.69) is 5.32 Å². The summed E-state index contributed by atoms with van der Waals surface area (Å²) in [4.78, 5) is 38.9. The van der Waals surface area contributed by atoms with E-state index < -0.39 is 30.4 Å². The maximum Gasteiger partial charge on any atom is 0.407 e. The highest BCUT2D eigenvalue weighted by Gasteiger charge is 2.36. The summed E-state index contributed by atoms with van der Waals surface area (Å²) in [7, 11) is 3.25. The van der Waals surface area contributed by atoms with Crippen molar-refractivity contribution in [1.29, 1.82) is 0 Å². The largest absolute Gasteiger partial charge is 0.481 e. The topological polar surface area (TPSA) is 105 Å². The van der Waals surface area contributed by atoms with Crippen LogP contribution in [0, 0.1) is 0 Å². The van der Waals surface area contributed by atoms with Crippen LogP contribution in [0.1, 0.15) is 49.1 Å². The molecule has 8 nitrogen and oxygen atoms in total. The molecule has 2 aliphatic rings. The van der Waals surface area contributed by atoms with Gasteiger partial charge in [0.1, 0.15) is 12.6 Å². The van der Waals surface area contributed by atoms with Crippen LogP contribution < -0.4 is 5.32 Å². The lowest BCUT2D eigenvalue weighted by molar-refractivity contribution is -0.144. The first-order valence-corrected chi connectivity index (χ1v) is 12.0. The van der Waals surface area contributed by atoms with Crippen molar-refractivity contribution < 1.29 is 29.0 Å². The summed E-state index contributed by atoms with van der Waals surface area (Å²) >= 11 is 0. The van der Waals surface area contributed by atoms with Crippen molar-refractivity contribution in [2.24, 2.45) is 0 Å². The van der Waals surface area contributed by atoms with Crippen LogP contribution in [0.4, 0.5) is 4.79 Å². The third-order valence-corrected chi connectivity index (χ3v) is 7.13. The Hall–Kier alpha value is -3.39. The lowest BCUT2D eigenvalue weighted by Crippen LogP contribution is -2.54. The zero-order valence-electron chi connectivity index (χ0n) is 20.1. The average molecular weight is 481 g/mol. The fourth-order valence-electron chi connectivity index (χ4n) is 5.36. The maximum atomic E-state index is 13.2. The standard InChI is InChI=1S/C27H32N2O6/c1-29(23-13-7-8-14-24(23)34-2)26(32)22(15-25(30)31)28-27(33)35-16-21-19-11-5-3-9-17(19)18-10-4-6-12-20(18)21/h3-6,9-12,21-24H,7-8,13-16H2,1-2H3,(H,28,33)(H,30,31). The number of carboxylic acids is 1. The molecule has 2 aliphatic carbocycles. The minimum atomic E-state index is -1.23. The fraction of sp³-hybridized carbons (Fsp3) is 0.444. The van der Waals surface area contributed by atoms with Gasteiger partial charge in [-0.3, -0.25) is 9.59 Å². The number of carboxylic acid groups (broad SMARTS) is 1. The van der Waals surface area contributed by atoms with E-state index in [9.17, 15) is 19.5 Å². The van der Waals surface area contributed by atoms with E-state index in [0.29, 0.717) is 0 Å². The van der Waals surface area contributed by atoms with Gasteiger partial charge in [0.2, 0.25) is 5.91 Å². The second kappa shape index (κ2) is 10.9. The van der Waals surface area contributed by atoms with E-state index in [4.69, 9.17) is 9.47 Å². The predicted octanol–water partition coefficient (Wildman–Crippen LogP) is 3.78. The number of likely N-dealkylation sites (N-methyl/N-ethyl adjacent to an activating group) is 1. The van der Waals surface area contributed by atoms with Crippen LogP contribution in [0.15, 0.2) is 48.5 Å². The summed E-state index contributed by atoms with van der Waals surface area (Å²) in [5.74, 6) is -1.77. The van der Waals surface area contributed by atoms with Crippen LogP contribution in [0.3, 0.4) is 0 Å². The summed E-state index contributed by atoms with van der Waals surface area (Å²) in [6.07, 6.45) is 2.13. The van der Waals surface area contributed by atoms with Gasteiger partial charge in [0, 0.05) is 20.1 Å². The number of carbonyl (C=O) groups is 3. The molecule has 8 heteroatoms. The molecule has 2 aromatic rings. The molecule has 0 bridgehead atoms. The smallest absolute Gasteiger partial charge is 0.407 e. The minimum absolute atomic E-state index is 0.0814. The summed E-state index contributed by atoms with van der Waals surface area (Å²) in [6, 6.07) is 14.6. The average Bonchev–Trinajstić information content (AvgIpc) is 3.19. The van der Waals surface area contributed by atoms with Gasteiger partial charge >= 0.3 is 12.1 Å².